The van der Waals surface area contributed by atoms with Crippen LogP contribution in [0.25, 0.3) is 11.3 Å². The van der Waals surface area contributed by atoms with Gasteiger partial charge in [0.1, 0.15) is 5.56 Å². The Morgan fingerprint density at radius 1 is 1.17 bits per heavy atom. The molecule has 9 heteroatoms. The largest absolute Gasteiger partial charge is 0.493 e. The fourth-order valence-electron chi connectivity index (χ4n) is 3.00. The topological polar surface area (TPSA) is 104 Å². The van der Waals surface area contributed by atoms with E-state index in [1.54, 1.807) is 26.4 Å². The number of ether oxygens (including phenoxy) is 2. The van der Waals surface area contributed by atoms with Crippen LogP contribution < -0.4 is 14.8 Å². The lowest BCUT2D eigenvalue weighted by Crippen LogP contribution is -2.13. The normalized spacial score (nSPS) is 10.5. The molecule has 3 rings (SSSR count). The predicted octanol–water partition coefficient (Wildman–Crippen LogP) is 4.94. The highest BCUT2D eigenvalue weighted by atomic mass is 32.1. The molecule has 0 atom stereocenters. The number of nitro benzene ring substituents is 1. The van der Waals surface area contributed by atoms with E-state index in [0.717, 1.165) is 29.0 Å². The van der Waals surface area contributed by atoms with Crippen LogP contribution >= 0.6 is 11.3 Å². The number of aromatic nitrogens is 1. The van der Waals surface area contributed by atoms with Crippen LogP contribution in [0, 0.1) is 10.1 Å². The molecule has 0 bridgehead atoms. The predicted molar refractivity (Wildman–Crippen MR) is 116 cm³/mol. The van der Waals surface area contributed by atoms with E-state index in [0.29, 0.717) is 16.6 Å². The van der Waals surface area contributed by atoms with Gasteiger partial charge < -0.3 is 9.47 Å². The number of amides is 1. The second kappa shape index (κ2) is 9.36. The van der Waals surface area contributed by atoms with E-state index < -0.39 is 10.8 Å². The van der Waals surface area contributed by atoms with Gasteiger partial charge in [-0.2, -0.15) is 0 Å². The van der Waals surface area contributed by atoms with Gasteiger partial charge in [0.15, 0.2) is 16.6 Å². The monoisotopic (exact) mass is 427 g/mol. The number of hydrogen-bond donors (Lipinski definition) is 1. The molecule has 1 N–H and O–H groups in total. The number of aryl methyl sites for hydroxylation is 1. The molecule has 3 aromatic rings. The number of nitrogens with one attached hydrogen (secondary N) is 1. The number of methoxy groups -OCH3 is 2. The molecule has 8 nitrogen and oxygen atoms in total. The third kappa shape index (κ3) is 4.41. The lowest BCUT2D eigenvalue weighted by atomic mass is 10.1. The van der Waals surface area contributed by atoms with Crippen molar-refractivity contribution in [3.05, 3.63) is 63.0 Å². The zero-order valence-corrected chi connectivity index (χ0v) is 17.6. The number of anilines is 1. The van der Waals surface area contributed by atoms with Gasteiger partial charge in [-0.1, -0.05) is 25.5 Å². The Hall–Kier alpha value is -3.46. The first-order valence-electron chi connectivity index (χ1n) is 9.25. The molecule has 1 heterocycles. The van der Waals surface area contributed by atoms with Crippen LogP contribution in [0.5, 0.6) is 11.5 Å². The minimum atomic E-state index is -0.575. The first-order chi connectivity index (χ1) is 14.5. The van der Waals surface area contributed by atoms with Gasteiger partial charge in [-0.3, -0.25) is 20.2 Å². The van der Waals surface area contributed by atoms with Gasteiger partial charge in [0.05, 0.1) is 24.8 Å². The van der Waals surface area contributed by atoms with Crippen LogP contribution in [0.1, 0.15) is 28.6 Å². The molecule has 1 amide bonds. The van der Waals surface area contributed by atoms with Crippen molar-refractivity contribution in [3.63, 3.8) is 0 Å². The lowest BCUT2D eigenvalue weighted by Gasteiger charge is -2.09. The summed E-state index contributed by atoms with van der Waals surface area (Å²) in [4.78, 5) is 28.9. The second-order valence-corrected chi connectivity index (χ2v) is 7.42. The van der Waals surface area contributed by atoms with E-state index in [1.165, 1.54) is 29.5 Å². The SMILES string of the molecule is CCCc1sc(NC(=O)c2ccccc2[N+](=O)[O-])nc1-c1ccc(OC)c(OC)c1. The quantitative estimate of drug-likeness (QED) is 0.403. The third-order valence-electron chi connectivity index (χ3n) is 4.40. The number of thiazole rings is 1. The van der Waals surface area contributed by atoms with Crippen molar-refractivity contribution in [1.29, 1.82) is 0 Å². The van der Waals surface area contributed by atoms with Crippen LogP contribution in [0.4, 0.5) is 10.8 Å². The summed E-state index contributed by atoms with van der Waals surface area (Å²) in [6, 6.07) is 11.3. The van der Waals surface area contributed by atoms with Crippen LogP contribution in [0.15, 0.2) is 42.5 Å². The van der Waals surface area contributed by atoms with Crippen molar-refractivity contribution in [2.24, 2.45) is 0 Å². The zero-order chi connectivity index (χ0) is 21.7. The summed E-state index contributed by atoms with van der Waals surface area (Å²) in [6.07, 6.45) is 1.68. The van der Waals surface area contributed by atoms with Gasteiger partial charge in [-0.15, -0.1) is 11.3 Å². The van der Waals surface area contributed by atoms with Crippen LogP contribution in [-0.2, 0) is 6.42 Å². The Bertz CT molecular complexity index is 1080. The van der Waals surface area contributed by atoms with Gasteiger partial charge in [0.2, 0.25) is 0 Å². The minimum Gasteiger partial charge on any atom is -0.493 e. The summed E-state index contributed by atoms with van der Waals surface area (Å²) in [5, 5.41) is 14.3. The molecule has 1 aromatic heterocycles. The van der Waals surface area contributed by atoms with E-state index in [1.807, 2.05) is 12.1 Å². The molecule has 0 aliphatic rings. The average molecular weight is 427 g/mol. The van der Waals surface area contributed by atoms with E-state index in [2.05, 4.69) is 17.2 Å². The molecule has 0 fully saturated rings. The molecular weight excluding hydrogens is 406 g/mol. The number of benzene rings is 2. The number of hydrogen-bond acceptors (Lipinski definition) is 7. The smallest absolute Gasteiger partial charge is 0.282 e. The first kappa shape index (κ1) is 21.3. The minimum absolute atomic E-state index is 0.0117. The van der Waals surface area contributed by atoms with Gasteiger partial charge in [-0.05, 0) is 30.7 Å². The molecule has 156 valence electrons. The number of para-hydroxylation sites is 1. The number of rotatable bonds is 8. The average Bonchev–Trinajstić information content (AvgIpc) is 3.15. The third-order valence-corrected chi connectivity index (χ3v) is 5.43. The summed E-state index contributed by atoms with van der Waals surface area (Å²) in [5.41, 5.74) is 1.31. The summed E-state index contributed by atoms with van der Waals surface area (Å²) >= 11 is 1.35. The zero-order valence-electron chi connectivity index (χ0n) is 16.8. The van der Waals surface area contributed by atoms with E-state index >= 15 is 0 Å². The highest BCUT2D eigenvalue weighted by molar-refractivity contribution is 7.16. The summed E-state index contributed by atoms with van der Waals surface area (Å²) in [5.74, 6) is 0.618. The standard InChI is InChI=1S/C21H21N3O5S/c1-4-7-18-19(13-10-11-16(28-2)17(12-13)29-3)22-21(30-18)23-20(25)14-8-5-6-9-15(14)24(26)27/h5-6,8-12H,4,7H2,1-3H3,(H,22,23,25). The van der Waals surface area contributed by atoms with Gasteiger partial charge in [0.25, 0.3) is 11.6 Å². The number of nitro groups is 1. The summed E-state index contributed by atoms with van der Waals surface area (Å²) in [7, 11) is 3.13. The second-order valence-electron chi connectivity index (χ2n) is 6.34. The molecule has 30 heavy (non-hydrogen) atoms. The maximum Gasteiger partial charge on any atom is 0.282 e. The molecule has 0 saturated carbocycles. The fraction of sp³-hybridized carbons (Fsp3) is 0.238. The number of carbonyl (C=O) groups is 1. The van der Waals surface area contributed by atoms with Crippen molar-refractivity contribution in [2.45, 2.75) is 19.8 Å². The Kier molecular flexibility index (Phi) is 6.63. The van der Waals surface area contributed by atoms with E-state index in [-0.39, 0.29) is 11.3 Å². The van der Waals surface area contributed by atoms with Crippen molar-refractivity contribution >= 4 is 28.1 Å². The van der Waals surface area contributed by atoms with Crippen LogP contribution in [0.3, 0.4) is 0 Å². The molecule has 2 aromatic carbocycles. The molecule has 0 aliphatic carbocycles. The van der Waals surface area contributed by atoms with Gasteiger partial charge in [0, 0.05) is 16.5 Å². The summed E-state index contributed by atoms with van der Waals surface area (Å²) in [6.45, 7) is 2.06. The van der Waals surface area contributed by atoms with Crippen molar-refractivity contribution in [1.82, 2.24) is 4.98 Å². The van der Waals surface area contributed by atoms with Crippen LogP contribution in [0.2, 0.25) is 0 Å². The first-order valence-corrected chi connectivity index (χ1v) is 10.1. The molecule has 0 radical (unpaired) electrons. The summed E-state index contributed by atoms with van der Waals surface area (Å²) < 4.78 is 10.7. The Balaban J connectivity index is 1.95. The Labute approximate surface area is 177 Å². The van der Waals surface area contributed by atoms with E-state index in [9.17, 15) is 14.9 Å². The molecule has 0 spiro atoms. The van der Waals surface area contributed by atoms with Crippen molar-refractivity contribution in [2.75, 3.05) is 19.5 Å². The van der Waals surface area contributed by atoms with Gasteiger partial charge in [-0.25, -0.2) is 4.98 Å². The number of carbonyl (C=O) groups excluding carboxylic acids is 1. The highest BCUT2D eigenvalue weighted by Gasteiger charge is 2.21. The van der Waals surface area contributed by atoms with E-state index in [4.69, 9.17) is 9.47 Å². The fourth-order valence-corrected chi connectivity index (χ4v) is 4.08. The molecular formula is C21H21N3O5S. The van der Waals surface area contributed by atoms with Crippen LogP contribution in [-0.4, -0.2) is 30.0 Å². The number of nitrogens with zero attached hydrogens (tertiary/aromatic N) is 2. The van der Waals surface area contributed by atoms with Crippen molar-refractivity contribution in [3.8, 4) is 22.8 Å². The maximum absolute atomic E-state index is 12.7. The van der Waals surface area contributed by atoms with Crippen molar-refractivity contribution < 1.29 is 19.2 Å². The molecule has 0 unspecified atom stereocenters. The maximum atomic E-state index is 12.7. The Morgan fingerprint density at radius 3 is 2.57 bits per heavy atom. The van der Waals surface area contributed by atoms with Gasteiger partial charge >= 0.3 is 0 Å². The highest BCUT2D eigenvalue weighted by Crippen LogP contribution is 2.37. The Morgan fingerprint density at radius 2 is 1.90 bits per heavy atom. The lowest BCUT2D eigenvalue weighted by molar-refractivity contribution is -0.385. The molecule has 0 saturated heterocycles. The molecule has 0 aliphatic heterocycles.